The van der Waals surface area contributed by atoms with Crippen molar-refractivity contribution in [2.24, 2.45) is 0 Å². The molecule has 3 saturated heterocycles. The molecule has 1 N–H and O–H groups in total. The van der Waals surface area contributed by atoms with Gasteiger partial charge in [0.1, 0.15) is 0 Å². The normalized spacial score (nSPS) is 50.5. The van der Waals surface area contributed by atoms with Crippen molar-refractivity contribution >= 4 is 5.91 Å². The molecule has 0 radical (unpaired) electrons. The number of carbonyl (C=O) groups excluding carboxylic acids is 1. The number of rotatable bonds is 0. The van der Waals surface area contributed by atoms with E-state index in [0.29, 0.717) is 18.6 Å². The van der Waals surface area contributed by atoms with Crippen LogP contribution in [0.1, 0.15) is 32.1 Å². The van der Waals surface area contributed by atoms with Crippen LogP contribution in [0.2, 0.25) is 0 Å². The molecule has 12 heavy (non-hydrogen) atoms. The maximum absolute atomic E-state index is 10.9. The van der Waals surface area contributed by atoms with Crippen LogP contribution in [0.4, 0.5) is 0 Å². The first-order valence-electron chi connectivity index (χ1n) is 4.75. The first-order chi connectivity index (χ1) is 5.78. The van der Waals surface area contributed by atoms with E-state index in [1.165, 1.54) is 6.42 Å². The van der Waals surface area contributed by atoms with Crippen molar-refractivity contribution in [2.75, 3.05) is 0 Å². The molecule has 0 aromatic heterocycles. The molecule has 1 spiro atoms. The quantitative estimate of drug-likeness (QED) is 0.536. The van der Waals surface area contributed by atoms with Gasteiger partial charge in [-0.1, -0.05) is 0 Å². The van der Waals surface area contributed by atoms with Crippen molar-refractivity contribution < 1.29 is 9.53 Å². The summed E-state index contributed by atoms with van der Waals surface area (Å²) in [7, 11) is 0. The number of amides is 1. The van der Waals surface area contributed by atoms with Gasteiger partial charge in [0.15, 0.2) is 0 Å². The van der Waals surface area contributed by atoms with E-state index in [4.69, 9.17) is 4.74 Å². The molecular formula is C9H13NO2. The summed E-state index contributed by atoms with van der Waals surface area (Å²) in [6.45, 7) is 0. The minimum atomic E-state index is 0.0596. The molecule has 1 amide bonds. The first-order valence-corrected chi connectivity index (χ1v) is 4.75. The van der Waals surface area contributed by atoms with E-state index in [2.05, 4.69) is 5.32 Å². The Morgan fingerprint density at radius 2 is 2.25 bits per heavy atom. The van der Waals surface area contributed by atoms with E-state index in [9.17, 15) is 4.79 Å². The van der Waals surface area contributed by atoms with E-state index in [1.807, 2.05) is 0 Å². The van der Waals surface area contributed by atoms with Crippen molar-refractivity contribution in [3.05, 3.63) is 0 Å². The van der Waals surface area contributed by atoms with Gasteiger partial charge in [-0.15, -0.1) is 0 Å². The van der Waals surface area contributed by atoms with Gasteiger partial charge in [0.05, 0.1) is 24.2 Å². The molecule has 3 fully saturated rings. The average molecular weight is 167 g/mol. The fraction of sp³-hybridized carbons (Fsp3) is 0.889. The molecule has 3 heteroatoms. The molecule has 3 heterocycles. The summed E-state index contributed by atoms with van der Waals surface area (Å²) >= 11 is 0. The Morgan fingerprint density at radius 3 is 3.00 bits per heavy atom. The van der Waals surface area contributed by atoms with Crippen LogP contribution in [0, 0.1) is 0 Å². The lowest BCUT2D eigenvalue weighted by Gasteiger charge is -2.48. The van der Waals surface area contributed by atoms with Crippen LogP contribution < -0.4 is 5.32 Å². The highest BCUT2D eigenvalue weighted by Crippen LogP contribution is 2.43. The number of ether oxygens (including phenoxy) is 1. The maximum atomic E-state index is 10.9. The Balaban J connectivity index is 1.83. The Morgan fingerprint density at radius 1 is 1.42 bits per heavy atom. The lowest BCUT2D eigenvalue weighted by molar-refractivity contribution is -0.147. The lowest BCUT2D eigenvalue weighted by atomic mass is 9.77. The zero-order chi connectivity index (χ0) is 8.18. The SMILES string of the molecule is O=C1CC2(CCC3CCC2O3)N1. The summed E-state index contributed by atoms with van der Waals surface area (Å²) in [5, 5.41) is 3.02. The molecule has 3 aliphatic heterocycles. The van der Waals surface area contributed by atoms with Gasteiger partial charge >= 0.3 is 0 Å². The highest BCUT2D eigenvalue weighted by atomic mass is 16.5. The Labute approximate surface area is 71.5 Å². The summed E-state index contributed by atoms with van der Waals surface area (Å²) in [6.07, 6.45) is 6.13. The van der Waals surface area contributed by atoms with Crippen LogP contribution >= 0.6 is 0 Å². The second-order valence-corrected chi connectivity index (χ2v) is 4.24. The van der Waals surface area contributed by atoms with Gasteiger partial charge in [-0.2, -0.15) is 0 Å². The van der Waals surface area contributed by atoms with E-state index < -0.39 is 0 Å². The number of nitrogens with one attached hydrogen (secondary N) is 1. The molecular weight excluding hydrogens is 154 g/mol. The third-order valence-electron chi connectivity index (χ3n) is 3.50. The molecule has 0 saturated carbocycles. The van der Waals surface area contributed by atoms with Crippen LogP contribution in [0.25, 0.3) is 0 Å². The van der Waals surface area contributed by atoms with Gasteiger partial charge in [0.2, 0.25) is 5.91 Å². The summed E-state index contributed by atoms with van der Waals surface area (Å²) in [4.78, 5) is 10.9. The van der Waals surface area contributed by atoms with Crippen molar-refractivity contribution in [3.63, 3.8) is 0 Å². The highest BCUT2D eigenvalue weighted by molar-refractivity contribution is 5.85. The predicted molar refractivity (Wildman–Crippen MR) is 42.6 cm³/mol. The van der Waals surface area contributed by atoms with Crippen LogP contribution in [-0.2, 0) is 9.53 Å². The molecule has 3 rings (SSSR count). The van der Waals surface area contributed by atoms with Crippen LogP contribution in [0.15, 0.2) is 0 Å². The molecule has 66 valence electrons. The second-order valence-electron chi connectivity index (χ2n) is 4.24. The molecule has 2 bridgehead atoms. The van der Waals surface area contributed by atoms with Gasteiger partial charge in [-0.05, 0) is 25.7 Å². The topological polar surface area (TPSA) is 38.3 Å². The minimum Gasteiger partial charge on any atom is -0.373 e. The number of fused-ring (bicyclic) bond motifs is 3. The van der Waals surface area contributed by atoms with E-state index in [1.54, 1.807) is 0 Å². The van der Waals surface area contributed by atoms with Gasteiger partial charge in [-0.3, -0.25) is 4.79 Å². The van der Waals surface area contributed by atoms with Crippen molar-refractivity contribution in [1.29, 1.82) is 0 Å². The Hall–Kier alpha value is -0.570. The second kappa shape index (κ2) is 2.02. The van der Waals surface area contributed by atoms with Crippen molar-refractivity contribution in [3.8, 4) is 0 Å². The van der Waals surface area contributed by atoms with Crippen LogP contribution in [-0.4, -0.2) is 23.7 Å². The smallest absolute Gasteiger partial charge is 0.222 e. The van der Waals surface area contributed by atoms with Gasteiger partial charge in [-0.25, -0.2) is 0 Å². The zero-order valence-electron chi connectivity index (χ0n) is 7.01. The monoisotopic (exact) mass is 167 g/mol. The average Bonchev–Trinajstić information content (AvgIpc) is 2.39. The van der Waals surface area contributed by atoms with Gasteiger partial charge < -0.3 is 10.1 Å². The summed E-state index contributed by atoms with van der Waals surface area (Å²) in [5.74, 6) is 0.198. The molecule has 3 aliphatic rings. The van der Waals surface area contributed by atoms with Gasteiger partial charge in [0, 0.05) is 0 Å². The summed E-state index contributed by atoms with van der Waals surface area (Å²) in [6, 6.07) is 0. The zero-order valence-corrected chi connectivity index (χ0v) is 7.01. The van der Waals surface area contributed by atoms with Crippen molar-refractivity contribution in [2.45, 2.75) is 49.9 Å². The van der Waals surface area contributed by atoms with E-state index >= 15 is 0 Å². The summed E-state index contributed by atoms with van der Waals surface area (Å²) in [5.41, 5.74) is 0.0596. The lowest BCUT2D eigenvalue weighted by Crippen LogP contribution is -2.68. The maximum Gasteiger partial charge on any atom is 0.222 e. The minimum absolute atomic E-state index is 0.0596. The number of hydrogen-bond acceptors (Lipinski definition) is 2. The standard InChI is InChI=1S/C9H13NO2/c11-8-5-9(10-8)4-3-6-1-2-7(9)12-6/h6-7H,1-5H2,(H,10,11). The Bertz CT molecular complexity index is 231. The third kappa shape index (κ3) is 0.724. The number of hydrogen-bond donors (Lipinski definition) is 1. The Kier molecular flexibility index (Phi) is 1.16. The fourth-order valence-electron chi connectivity index (χ4n) is 2.80. The van der Waals surface area contributed by atoms with Crippen molar-refractivity contribution in [1.82, 2.24) is 5.32 Å². The van der Waals surface area contributed by atoms with Crippen LogP contribution in [0.3, 0.4) is 0 Å². The first kappa shape index (κ1) is 6.89. The summed E-state index contributed by atoms with van der Waals surface area (Å²) < 4.78 is 5.79. The molecule has 3 nitrogen and oxygen atoms in total. The fourth-order valence-corrected chi connectivity index (χ4v) is 2.80. The molecule has 3 atom stereocenters. The molecule has 0 aromatic carbocycles. The molecule has 0 aliphatic carbocycles. The third-order valence-corrected chi connectivity index (χ3v) is 3.50. The van der Waals surface area contributed by atoms with Gasteiger partial charge in [0.25, 0.3) is 0 Å². The van der Waals surface area contributed by atoms with Crippen LogP contribution in [0.5, 0.6) is 0 Å². The number of carbonyl (C=O) groups is 1. The largest absolute Gasteiger partial charge is 0.373 e. The van der Waals surface area contributed by atoms with E-state index in [0.717, 1.165) is 19.3 Å². The highest BCUT2D eigenvalue weighted by Gasteiger charge is 2.54. The molecule has 3 unspecified atom stereocenters. The molecule has 0 aromatic rings. The predicted octanol–water partition coefficient (Wildman–Crippen LogP) is 0.587. The number of β-lactam (4-membered cyclic amide) rings is 1. The van der Waals surface area contributed by atoms with E-state index in [-0.39, 0.29) is 11.4 Å².